The van der Waals surface area contributed by atoms with Gasteiger partial charge >= 0.3 is 0 Å². The SMILES string of the molecule is IC1=CC=CON1. The monoisotopic (exact) mass is 209 g/mol. The van der Waals surface area contributed by atoms with E-state index < -0.39 is 0 Å². The molecule has 0 radical (unpaired) electrons. The minimum atomic E-state index is 1.00. The van der Waals surface area contributed by atoms with Crippen LogP contribution in [0.5, 0.6) is 0 Å². The number of allylic oxidation sites excluding steroid dienone is 2. The molecule has 0 spiro atoms. The van der Waals surface area contributed by atoms with Crippen LogP contribution in [0.15, 0.2) is 22.1 Å². The third kappa shape index (κ3) is 1.38. The zero-order chi connectivity index (χ0) is 5.11. The first-order chi connectivity index (χ1) is 3.39. The van der Waals surface area contributed by atoms with Crippen molar-refractivity contribution in [2.75, 3.05) is 0 Å². The number of hydrogen-bond donors (Lipinski definition) is 1. The van der Waals surface area contributed by atoms with Crippen LogP contribution in [-0.4, -0.2) is 0 Å². The highest BCUT2D eigenvalue weighted by Crippen LogP contribution is 2.03. The average molecular weight is 209 g/mol. The Kier molecular flexibility index (Phi) is 1.56. The second-order valence-corrected chi connectivity index (χ2v) is 2.23. The van der Waals surface area contributed by atoms with Crippen LogP contribution < -0.4 is 5.48 Å². The molecule has 0 fully saturated rings. The topological polar surface area (TPSA) is 21.3 Å². The lowest BCUT2D eigenvalue weighted by atomic mass is 10.6. The maximum Gasteiger partial charge on any atom is 0.119 e. The molecule has 0 aromatic rings. The molecule has 2 nitrogen and oxygen atoms in total. The summed E-state index contributed by atoms with van der Waals surface area (Å²) >= 11 is 2.13. The van der Waals surface area contributed by atoms with Crippen molar-refractivity contribution in [3.05, 3.63) is 22.1 Å². The molecular formula is C4H4INO. The van der Waals surface area contributed by atoms with Crippen molar-refractivity contribution < 1.29 is 4.84 Å². The van der Waals surface area contributed by atoms with E-state index in [9.17, 15) is 0 Å². The summed E-state index contributed by atoms with van der Waals surface area (Å²) in [4.78, 5) is 4.68. The van der Waals surface area contributed by atoms with Crippen LogP contribution in [0.1, 0.15) is 0 Å². The molecular weight excluding hydrogens is 205 g/mol. The molecule has 0 aliphatic carbocycles. The van der Waals surface area contributed by atoms with Gasteiger partial charge in [0.2, 0.25) is 0 Å². The highest BCUT2D eigenvalue weighted by atomic mass is 127. The number of hydrogen-bond acceptors (Lipinski definition) is 2. The van der Waals surface area contributed by atoms with E-state index in [1.165, 1.54) is 0 Å². The average Bonchev–Trinajstić information content (AvgIpc) is 1.69. The van der Waals surface area contributed by atoms with Gasteiger partial charge in [0.15, 0.2) is 0 Å². The van der Waals surface area contributed by atoms with Crippen LogP contribution in [0.2, 0.25) is 0 Å². The third-order valence-electron chi connectivity index (χ3n) is 0.546. The molecule has 0 bridgehead atoms. The first kappa shape index (κ1) is 4.96. The van der Waals surface area contributed by atoms with Gasteiger partial charge in [-0.1, -0.05) is 0 Å². The first-order valence-electron chi connectivity index (χ1n) is 1.83. The fraction of sp³-hybridized carbons (Fsp3) is 0. The lowest BCUT2D eigenvalue weighted by molar-refractivity contribution is 0.170. The number of nitrogens with one attached hydrogen (secondary N) is 1. The highest BCUT2D eigenvalue weighted by molar-refractivity contribution is 14.1. The largest absolute Gasteiger partial charge is 0.390 e. The van der Waals surface area contributed by atoms with Gasteiger partial charge in [0.1, 0.15) is 9.97 Å². The molecule has 0 aromatic carbocycles. The Morgan fingerprint density at radius 3 is 2.86 bits per heavy atom. The van der Waals surface area contributed by atoms with E-state index >= 15 is 0 Å². The molecule has 0 amide bonds. The van der Waals surface area contributed by atoms with E-state index in [2.05, 4.69) is 32.9 Å². The summed E-state index contributed by atoms with van der Waals surface area (Å²) in [6.45, 7) is 0. The summed E-state index contributed by atoms with van der Waals surface area (Å²) < 4.78 is 1.00. The summed E-state index contributed by atoms with van der Waals surface area (Å²) in [5.41, 5.74) is 2.64. The Labute approximate surface area is 55.3 Å². The smallest absolute Gasteiger partial charge is 0.119 e. The summed E-state index contributed by atoms with van der Waals surface area (Å²) in [6, 6.07) is 0. The Hall–Kier alpha value is -0.190. The standard InChI is InChI=1S/C4H4INO/c5-4-2-1-3-7-6-4/h1-3,6H. The summed E-state index contributed by atoms with van der Waals surface area (Å²) in [5, 5.41) is 0. The molecule has 0 atom stereocenters. The van der Waals surface area contributed by atoms with Crippen molar-refractivity contribution in [1.82, 2.24) is 5.48 Å². The fourth-order valence-electron chi connectivity index (χ4n) is 0.287. The van der Waals surface area contributed by atoms with Crippen LogP contribution in [-0.2, 0) is 4.84 Å². The quantitative estimate of drug-likeness (QED) is 0.479. The molecule has 1 aliphatic rings. The first-order valence-corrected chi connectivity index (χ1v) is 2.91. The zero-order valence-electron chi connectivity index (χ0n) is 3.52. The molecule has 38 valence electrons. The Balaban J connectivity index is 2.57. The summed E-state index contributed by atoms with van der Waals surface area (Å²) in [5.74, 6) is 0. The van der Waals surface area contributed by atoms with Gasteiger partial charge in [0.25, 0.3) is 0 Å². The van der Waals surface area contributed by atoms with E-state index in [0.717, 1.165) is 3.70 Å². The van der Waals surface area contributed by atoms with Crippen LogP contribution in [0.25, 0.3) is 0 Å². The van der Waals surface area contributed by atoms with Crippen LogP contribution in [0.4, 0.5) is 0 Å². The van der Waals surface area contributed by atoms with Gasteiger partial charge in [0, 0.05) is 0 Å². The zero-order valence-corrected chi connectivity index (χ0v) is 5.68. The van der Waals surface area contributed by atoms with Crippen molar-refractivity contribution in [3.8, 4) is 0 Å². The summed E-state index contributed by atoms with van der Waals surface area (Å²) in [7, 11) is 0. The van der Waals surface area contributed by atoms with Gasteiger partial charge in [-0.2, -0.15) is 0 Å². The molecule has 0 saturated carbocycles. The van der Waals surface area contributed by atoms with Crippen molar-refractivity contribution in [2.24, 2.45) is 0 Å². The van der Waals surface area contributed by atoms with E-state index in [1.54, 1.807) is 6.26 Å². The minimum Gasteiger partial charge on any atom is -0.390 e. The van der Waals surface area contributed by atoms with Crippen LogP contribution in [0, 0.1) is 0 Å². The Bertz CT molecular complexity index is 119. The predicted octanol–water partition coefficient (Wildman–Crippen LogP) is 1.31. The molecule has 3 heteroatoms. The van der Waals surface area contributed by atoms with Gasteiger partial charge < -0.3 is 4.84 Å². The molecule has 0 aromatic heterocycles. The predicted molar refractivity (Wildman–Crippen MR) is 35.5 cm³/mol. The van der Waals surface area contributed by atoms with Crippen molar-refractivity contribution in [3.63, 3.8) is 0 Å². The van der Waals surface area contributed by atoms with Crippen LogP contribution >= 0.6 is 22.6 Å². The van der Waals surface area contributed by atoms with Gasteiger partial charge in [-0.15, -0.1) is 0 Å². The maximum absolute atomic E-state index is 4.68. The van der Waals surface area contributed by atoms with E-state index in [0.29, 0.717) is 0 Å². The lowest BCUT2D eigenvalue weighted by Gasteiger charge is -2.03. The van der Waals surface area contributed by atoms with Gasteiger partial charge in [-0.25, -0.2) is 5.48 Å². The fourth-order valence-corrected chi connectivity index (χ4v) is 0.622. The lowest BCUT2D eigenvalue weighted by Crippen LogP contribution is -2.07. The maximum atomic E-state index is 4.68. The Morgan fingerprint density at radius 1 is 1.71 bits per heavy atom. The van der Waals surface area contributed by atoms with Crippen molar-refractivity contribution >= 4 is 22.6 Å². The van der Waals surface area contributed by atoms with E-state index in [1.807, 2.05) is 12.2 Å². The van der Waals surface area contributed by atoms with E-state index in [4.69, 9.17) is 0 Å². The molecule has 7 heavy (non-hydrogen) atoms. The second kappa shape index (κ2) is 2.20. The van der Waals surface area contributed by atoms with Gasteiger partial charge in [-0.05, 0) is 34.7 Å². The summed E-state index contributed by atoms with van der Waals surface area (Å²) in [6.07, 6.45) is 5.34. The van der Waals surface area contributed by atoms with E-state index in [-0.39, 0.29) is 0 Å². The normalized spacial score (nSPS) is 17.0. The number of halogens is 1. The number of rotatable bonds is 0. The van der Waals surface area contributed by atoms with Crippen molar-refractivity contribution in [1.29, 1.82) is 0 Å². The molecule has 1 aliphatic heterocycles. The molecule has 1 heterocycles. The van der Waals surface area contributed by atoms with Gasteiger partial charge in [-0.3, -0.25) is 0 Å². The highest BCUT2D eigenvalue weighted by Gasteiger charge is 1.87. The molecule has 0 saturated heterocycles. The van der Waals surface area contributed by atoms with Crippen LogP contribution in [0.3, 0.4) is 0 Å². The molecule has 1 N–H and O–H groups in total. The molecule has 0 unspecified atom stereocenters. The van der Waals surface area contributed by atoms with Crippen molar-refractivity contribution in [2.45, 2.75) is 0 Å². The Morgan fingerprint density at radius 2 is 2.57 bits per heavy atom. The molecule has 1 rings (SSSR count). The van der Waals surface area contributed by atoms with Gasteiger partial charge in [0.05, 0.1) is 0 Å². The number of hydroxylamine groups is 1. The second-order valence-electron chi connectivity index (χ2n) is 1.06. The third-order valence-corrected chi connectivity index (χ3v) is 1.13. The minimum absolute atomic E-state index is 1.00.